The number of ketones is 2. The van der Waals surface area contributed by atoms with Gasteiger partial charge >= 0.3 is 5.97 Å². The van der Waals surface area contributed by atoms with Crippen LogP contribution < -0.4 is 0 Å². The van der Waals surface area contributed by atoms with Crippen molar-refractivity contribution in [2.45, 2.75) is 19.8 Å². The first-order chi connectivity index (χ1) is 7.52. The van der Waals surface area contributed by atoms with Gasteiger partial charge in [-0.25, -0.2) is 0 Å². The number of carbonyl (C=O) groups is 3. The average Bonchev–Trinajstić information content (AvgIpc) is 2.25. The number of carboxylic acid groups (broad SMARTS) is 1. The highest BCUT2D eigenvalue weighted by atomic mass is 16.4. The lowest BCUT2D eigenvalue weighted by Crippen LogP contribution is -2.16. The second kappa shape index (κ2) is 5.21. The lowest BCUT2D eigenvalue weighted by Gasteiger charge is -2.02. The Kier molecular flexibility index (Phi) is 3.94. The predicted molar refractivity (Wildman–Crippen MR) is 57.4 cm³/mol. The molecule has 0 aliphatic heterocycles. The van der Waals surface area contributed by atoms with E-state index >= 15 is 0 Å². The van der Waals surface area contributed by atoms with Gasteiger partial charge in [0.1, 0.15) is 0 Å². The molecule has 1 rings (SSSR count). The van der Waals surface area contributed by atoms with Crippen LogP contribution in [0.4, 0.5) is 0 Å². The number of benzene rings is 1. The topological polar surface area (TPSA) is 71.4 Å². The molecule has 84 valence electrons. The number of aryl methyl sites for hydroxylation is 1. The summed E-state index contributed by atoms with van der Waals surface area (Å²) in [5, 5.41) is 8.41. The molecule has 0 saturated heterocycles. The fourth-order valence-electron chi connectivity index (χ4n) is 1.31. The van der Waals surface area contributed by atoms with Crippen LogP contribution in [0.15, 0.2) is 24.3 Å². The minimum absolute atomic E-state index is 0.248. The van der Waals surface area contributed by atoms with Crippen molar-refractivity contribution in [1.29, 1.82) is 0 Å². The summed E-state index contributed by atoms with van der Waals surface area (Å²) in [5.74, 6) is -2.35. The van der Waals surface area contributed by atoms with Crippen LogP contribution in [0.25, 0.3) is 0 Å². The van der Waals surface area contributed by atoms with Gasteiger partial charge in [0.05, 0.1) is 6.42 Å². The van der Waals surface area contributed by atoms with Crippen molar-refractivity contribution in [3.8, 4) is 0 Å². The smallest absolute Gasteiger partial charge is 0.303 e. The maximum atomic E-state index is 11.6. The van der Waals surface area contributed by atoms with E-state index in [1.54, 1.807) is 31.2 Å². The zero-order valence-corrected chi connectivity index (χ0v) is 8.90. The monoisotopic (exact) mass is 220 g/mol. The Morgan fingerprint density at radius 1 is 1.12 bits per heavy atom. The van der Waals surface area contributed by atoms with E-state index in [0.29, 0.717) is 5.56 Å². The van der Waals surface area contributed by atoms with E-state index in [4.69, 9.17) is 5.11 Å². The van der Waals surface area contributed by atoms with E-state index in [1.807, 2.05) is 0 Å². The molecule has 0 unspecified atom stereocenters. The van der Waals surface area contributed by atoms with Crippen LogP contribution in [-0.4, -0.2) is 22.6 Å². The van der Waals surface area contributed by atoms with Gasteiger partial charge in [0.25, 0.3) is 0 Å². The maximum absolute atomic E-state index is 11.6. The fraction of sp³-hybridized carbons (Fsp3) is 0.250. The van der Waals surface area contributed by atoms with Gasteiger partial charge in [-0.2, -0.15) is 0 Å². The number of aliphatic carboxylic acids is 1. The summed E-state index contributed by atoms with van der Waals surface area (Å²) in [6.45, 7) is 1.73. The highest BCUT2D eigenvalue weighted by Gasteiger charge is 2.18. The van der Waals surface area contributed by atoms with Gasteiger partial charge < -0.3 is 5.11 Å². The van der Waals surface area contributed by atoms with Gasteiger partial charge in [0, 0.05) is 12.0 Å². The number of hydrogen-bond acceptors (Lipinski definition) is 3. The van der Waals surface area contributed by atoms with Crippen LogP contribution in [0.5, 0.6) is 0 Å². The summed E-state index contributed by atoms with van der Waals surface area (Å²) < 4.78 is 0. The molecule has 1 aromatic rings. The molecule has 0 atom stereocenters. The second-order valence-electron chi connectivity index (χ2n) is 3.46. The molecule has 0 heterocycles. The Morgan fingerprint density at radius 2 is 1.75 bits per heavy atom. The molecule has 0 spiro atoms. The fourth-order valence-corrected chi connectivity index (χ4v) is 1.31. The Labute approximate surface area is 92.9 Å². The summed E-state index contributed by atoms with van der Waals surface area (Å²) in [6, 6.07) is 6.74. The van der Waals surface area contributed by atoms with Crippen molar-refractivity contribution in [1.82, 2.24) is 0 Å². The molecule has 16 heavy (non-hydrogen) atoms. The van der Waals surface area contributed by atoms with E-state index in [9.17, 15) is 14.4 Å². The van der Waals surface area contributed by atoms with Crippen molar-refractivity contribution in [2.75, 3.05) is 0 Å². The third-order valence-electron chi connectivity index (χ3n) is 2.21. The minimum Gasteiger partial charge on any atom is -0.481 e. The van der Waals surface area contributed by atoms with E-state index in [0.717, 1.165) is 5.56 Å². The molecule has 0 fully saturated rings. The lowest BCUT2D eigenvalue weighted by atomic mass is 10.00. The Bertz CT molecular complexity index is 434. The van der Waals surface area contributed by atoms with Crippen LogP contribution in [0.2, 0.25) is 0 Å². The first-order valence-corrected chi connectivity index (χ1v) is 4.87. The average molecular weight is 220 g/mol. The van der Waals surface area contributed by atoms with Crippen molar-refractivity contribution in [3.63, 3.8) is 0 Å². The van der Waals surface area contributed by atoms with Crippen molar-refractivity contribution in [3.05, 3.63) is 35.4 Å². The number of hydrogen-bond donors (Lipinski definition) is 1. The highest BCUT2D eigenvalue weighted by Crippen LogP contribution is 2.09. The summed E-state index contributed by atoms with van der Waals surface area (Å²) in [6.07, 6.45) is -0.557. The van der Waals surface area contributed by atoms with Gasteiger partial charge in [-0.15, -0.1) is 0 Å². The second-order valence-corrected chi connectivity index (χ2v) is 3.46. The lowest BCUT2D eigenvalue weighted by molar-refractivity contribution is -0.138. The summed E-state index contributed by atoms with van der Waals surface area (Å²) in [4.78, 5) is 33.3. The van der Waals surface area contributed by atoms with E-state index in [-0.39, 0.29) is 12.8 Å². The van der Waals surface area contributed by atoms with Gasteiger partial charge in [-0.1, -0.05) is 24.3 Å². The first-order valence-electron chi connectivity index (χ1n) is 4.87. The molecule has 1 aromatic carbocycles. The third kappa shape index (κ3) is 3.02. The van der Waals surface area contributed by atoms with Crippen molar-refractivity contribution >= 4 is 17.5 Å². The molecule has 0 aromatic heterocycles. The predicted octanol–water partition coefficient (Wildman–Crippen LogP) is 1.61. The molecule has 0 radical (unpaired) electrons. The highest BCUT2D eigenvalue weighted by molar-refractivity contribution is 6.44. The summed E-state index contributed by atoms with van der Waals surface area (Å²) in [5.41, 5.74) is 1.06. The molecule has 0 aliphatic rings. The van der Waals surface area contributed by atoms with Crippen LogP contribution in [0.1, 0.15) is 28.8 Å². The van der Waals surface area contributed by atoms with Crippen LogP contribution in [0.3, 0.4) is 0 Å². The quantitative estimate of drug-likeness (QED) is 0.604. The van der Waals surface area contributed by atoms with Crippen molar-refractivity contribution < 1.29 is 19.5 Å². The Balaban J connectivity index is 2.75. The molecule has 4 heteroatoms. The third-order valence-corrected chi connectivity index (χ3v) is 2.21. The Morgan fingerprint density at radius 3 is 2.31 bits per heavy atom. The van der Waals surface area contributed by atoms with Crippen LogP contribution in [-0.2, 0) is 9.59 Å². The molecule has 0 amide bonds. The van der Waals surface area contributed by atoms with E-state index < -0.39 is 17.5 Å². The van der Waals surface area contributed by atoms with Crippen LogP contribution >= 0.6 is 0 Å². The largest absolute Gasteiger partial charge is 0.481 e. The maximum Gasteiger partial charge on any atom is 0.303 e. The number of carboxylic acids is 1. The molecule has 0 bridgehead atoms. The van der Waals surface area contributed by atoms with Gasteiger partial charge in [-0.05, 0) is 12.5 Å². The number of carbonyl (C=O) groups excluding carboxylic acids is 2. The van der Waals surface area contributed by atoms with Crippen molar-refractivity contribution in [2.24, 2.45) is 0 Å². The zero-order chi connectivity index (χ0) is 12.1. The normalized spacial score (nSPS) is 9.81. The van der Waals surface area contributed by atoms with Crippen LogP contribution in [0, 0.1) is 6.92 Å². The molecule has 0 saturated carbocycles. The first kappa shape index (κ1) is 12.1. The molecule has 4 nitrogen and oxygen atoms in total. The van der Waals surface area contributed by atoms with Gasteiger partial charge in [-0.3, -0.25) is 14.4 Å². The number of Topliss-reactive ketones (excluding diaryl/α,β-unsaturated/α-hetero) is 2. The zero-order valence-electron chi connectivity index (χ0n) is 8.90. The number of rotatable bonds is 5. The SMILES string of the molecule is Cc1ccccc1C(=O)C(=O)CCC(=O)O. The molecular weight excluding hydrogens is 208 g/mol. The standard InChI is InChI=1S/C12H12O4/c1-8-4-2-3-5-9(8)12(16)10(13)6-7-11(14)15/h2-5H,6-7H2,1H3,(H,14,15). The van der Waals surface area contributed by atoms with Gasteiger partial charge in [0.15, 0.2) is 0 Å². The van der Waals surface area contributed by atoms with E-state index in [1.165, 1.54) is 0 Å². The summed E-state index contributed by atoms with van der Waals surface area (Å²) >= 11 is 0. The molecule has 1 N–H and O–H groups in total. The Hall–Kier alpha value is -1.97. The molecule has 0 aliphatic carbocycles. The van der Waals surface area contributed by atoms with E-state index in [2.05, 4.69) is 0 Å². The summed E-state index contributed by atoms with van der Waals surface area (Å²) in [7, 11) is 0. The van der Waals surface area contributed by atoms with Gasteiger partial charge in [0.2, 0.25) is 11.6 Å². The molecular formula is C12H12O4. The minimum atomic E-state index is -1.08.